The molecule has 0 saturated heterocycles. The van der Waals surface area contributed by atoms with Crippen LogP contribution >= 0.6 is 7.80 Å². The number of aryl methyl sites for hydroxylation is 3. The molecule has 6 heteroatoms. The highest BCUT2D eigenvalue weighted by atomic mass is 31.1. The number of hydrogen-bond donors (Lipinski definition) is 0. The van der Waals surface area contributed by atoms with Crippen LogP contribution in [0.2, 0.25) is 0 Å². The second kappa shape index (κ2) is 6.25. The van der Waals surface area contributed by atoms with E-state index in [0.29, 0.717) is 16.7 Å². The summed E-state index contributed by atoms with van der Waals surface area (Å²) in [4.78, 5) is 12.5. The molecule has 0 aliphatic carbocycles. The summed E-state index contributed by atoms with van der Waals surface area (Å²) in [5.41, 5.74) is 1.39. The zero-order valence-corrected chi connectivity index (χ0v) is 13.8. The van der Waals surface area contributed by atoms with Gasteiger partial charge in [-0.05, 0) is 56.2 Å². The molecule has 0 N–H and O–H groups in total. The summed E-state index contributed by atoms with van der Waals surface area (Å²) in [6, 6.07) is 7.50. The second-order valence-electron chi connectivity index (χ2n) is 5.42. The van der Waals surface area contributed by atoms with Crippen molar-refractivity contribution < 1.29 is 22.5 Å². The Morgan fingerprint density at radius 2 is 1.43 bits per heavy atom. The minimum atomic E-state index is -4.46. The van der Waals surface area contributed by atoms with Crippen molar-refractivity contribution in [2.45, 2.75) is 26.9 Å². The molecule has 0 fully saturated rings. The van der Waals surface area contributed by atoms with Crippen LogP contribution in [0.3, 0.4) is 0 Å². The van der Waals surface area contributed by atoms with Crippen LogP contribution in [0, 0.1) is 20.8 Å². The number of halogens is 3. The van der Waals surface area contributed by atoms with Gasteiger partial charge in [-0.15, -0.1) is 0 Å². The van der Waals surface area contributed by atoms with Crippen molar-refractivity contribution in [3.63, 3.8) is 0 Å². The summed E-state index contributed by atoms with van der Waals surface area (Å²) in [5.74, 6) is 0. The Morgan fingerprint density at radius 1 is 0.957 bits per heavy atom. The van der Waals surface area contributed by atoms with Gasteiger partial charge in [0.15, 0.2) is 5.30 Å². The fourth-order valence-corrected chi connectivity index (χ4v) is 3.73. The molecule has 0 saturated carbocycles. The van der Waals surface area contributed by atoms with Gasteiger partial charge in [0.05, 0.1) is 11.1 Å². The number of hydrogen-bond acceptors (Lipinski definition) is 2. The third-order valence-electron chi connectivity index (χ3n) is 3.50. The van der Waals surface area contributed by atoms with E-state index in [2.05, 4.69) is 0 Å². The summed E-state index contributed by atoms with van der Waals surface area (Å²) >= 11 is 0. The lowest BCUT2D eigenvalue weighted by atomic mass is 10.0. The maximum atomic E-state index is 12.5. The van der Waals surface area contributed by atoms with Crippen LogP contribution in [0.1, 0.15) is 32.6 Å². The second-order valence-corrected chi connectivity index (χ2v) is 6.93. The van der Waals surface area contributed by atoms with E-state index < -0.39 is 25.1 Å². The number of carbonyl (C=O) groups is 1. The number of benzene rings is 2. The summed E-state index contributed by atoms with van der Waals surface area (Å²) in [6.07, 6.45) is -4.46. The predicted molar refractivity (Wildman–Crippen MR) is 83.7 cm³/mol. The Balaban J connectivity index is 2.36. The van der Waals surface area contributed by atoms with Crippen LogP contribution < -0.4 is 5.30 Å². The molecule has 2 aromatic rings. The first-order valence-electron chi connectivity index (χ1n) is 6.88. The van der Waals surface area contributed by atoms with Gasteiger partial charge in [0.1, 0.15) is 0 Å². The first-order valence-corrected chi connectivity index (χ1v) is 8.14. The van der Waals surface area contributed by atoms with Crippen LogP contribution in [0.4, 0.5) is 13.2 Å². The van der Waals surface area contributed by atoms with Crippen LogP contribution in [-0.4, -0.2) is 5.52 Å². The van der Waals surface area contributed by atoms with Crippen molar-refractivity contribution in [1.29, 1.82) is 0 Å². The largest absolute Gasteiger partial charge is 0.458 e. The molecular weight excluding hydrogens is 324 g/mol. The zero-order chi connectivity index (χ0) is 17.4. The molecule has 0 heterocycles. The molecule has 2 rings (SSSR count). The summed E-state index contributed by atoms with van der Waals surface area (Å²) < 4.78 is 50.1. The van der Waals surface area contributed by atoms with Crippen molar-refractivity contribution in [3.05, 3.63) is 64.2 Å². The van der Waals surface area contributed by atoms with Gasteiger partial charge >= 0.3 is 19.5 Å². The van der Waals surface area contributed by atoms with Crippen molar-refractivity contribution in [3.8, 4) is 0 Å². The van der Waals surface area contributed by atoms with E-state index in [-0.39, 0.29) is 5.30 Å². The zero-order valence-electron chi connectivity index (χ0n) is 12.9. The molecule has 0 bridgehead atoms. The van der Waals surface area contributed by atoms with Gasteiger partial charge in [-0.3, -0.25) is 0 Å². The van der Waals surface area contributed by atoms with Gasteiger partial charge in [-0.25, -0.2) is 4.79 Å². The van der Waals surface area contributed by atoms with Crippen LogP contribution in [0.5, 0.6) is 0 Å². The Bertz CT molecular complexity index is 754. The molecule has 0 aliphatic heterocycles. The lowest BCUT2D eigenvalue weighted by Crippen LogP contribution is -2.10. The lowest BCUT2D eigenvalue weighted by Gasteiger charge is -2.06. The van der Waals surface area contributed by atoms with Gasteiger partial charge in [-0.1, -0.05) is 22.3 Å². The highest BCUT2D eigenvalue weighted by Gasteiger charge is 2.36. The van der Waals surface area contributed by atoms with E-state index in [0.717, 1.165) is 29.8 Å². The molecule has 2 nitrogen and oxygen atoms in total. The average Bonchev–Trinajstić information content (AvgIpc) is 2.44. The molecule has 1 atom stereocenters. The Labute approximate surface area is 133 Å². The van der Waals surface area contributed by atoms with E-state index in [1.54, 1.807) is 13.8 Å². The third-order valence-corrected chi connectivity index (χ3v) is 4.86. The third kappa shape index (κ3) is 3.67. The van der Waals surface area contributed by atoms with Crippen molar-refractivity contribution in [2.24, 2.45) is 0 Å². The van der Waals surface area contributed by atoms with Gasteiger partial charge in [0.2, 0.25) is 0 Å². The van der Waals surface area contributed by atoms with E-state index in [1.807, 2.05) is 19.1 Å². The standard InChI is InChI=1S/C17H15F3O2P/c1-10-8-11(2)15(12(3)9-10)16(21)23(22)14-6-4-13(5-7-14)17(18,19)20/h4-9H,1-3H3/q+1. The van der Waals surface area contributed by atoms with E-state index in [9.17, 15) is 22.5 Å². The first-order chi connectivity index (χ1) is 10.6. The van der Waals surface area contributed by atoms with Crippen molar-refractivity contribution in [2.75, 3.05) is 0 Å². The molecule has 0 amide bonds. The maximum absolute atomic E-state index is 12.5. The quantitative estimate of drug-likeness (QED) is 0.744. The molecule has 2 aromatic carbocycles. The number of carbonyl (C=O) groups excluding carboxylic acids is 1. The highest BCUT2D eigenvalue weighted by molar-refractivity contribution is 7.71. The van der Waals surface area contributed by atoms with Crippen LogP contribution in [-0.2, 0) is 10.7 Å². The smallest absolute Gasteiger partial charge is 0.234 e. The molecular formula is C17H15F3O2P+. The topological polar surface area (TPSA) is 34.1 Å². The predicted octanol–water partition coefficient (Wildman–Crippen LogP) is 4.92. The van der Waals surface area contributed by atoms with Gasteiger partial charge in [0.25, 0.3) is 0 Å². The molecule has 120 valence electrons. The minimum Gasteiger partial charge on any atom is -0.234 e. The first kappa shape index (κ1) is 17.4. The Morgan fingerprint density at radius 3 is 1.87 bits per heavy atom. The summed E-state index contributed by atoms with van der Waals surface area (Å²) in [6.45, 7) is 5.40. The number of alkyl halides is 3. The SMILES string of the molecule is Cc1cc(C)c(C(=O)[P+](=O)c2ccc(C(F)(F)F)cc2)c(C)c1. The maximum Gasteiger partial charge on any atom is 0.458 e. The van der Waals surface area contributed by atoms with Crippen LogP contribution in [0.25, 0.3) is 0 Å². The molecule has 0 aromatic heterocycles. The summed E-state index contributed by atoms with van der Waals surface area (Å²) in [5, 5.41) is 0.0948. The fraction of sp³-hybridized carbons (Fsp3) is 0.235. The number of rotatable bonds is 3. The Kier molecular flexibility index (Phi) is 4.71. The lowest BCUT2D eigenvalue weighted by molar-refractivity contribution is -0.137. The highest BCUT2D eigenvalue weighted by Crippen LogP contribution is 2.33. The van der Waals surface area contributed by atoms with Crippen molar-refractivity contribution in [1.82, 2.24) is 0 Å². The average molecular weight is 339 g/mol. The molecule has 23 heavy (non-hydrogen) atoms. The Hall–Kier alpha value is -2.00. The van der Waals surface area contributed by atoms with Gasteiger partial charge in [0, 0.05) is 0 Å². The van der Waals surface area contributed by atoms with Crippen molar-refractivity contribution >= 4 is 18.6 Å². The summed E-state index contributed by atoms with van der Waals surface area (Å²) in [7, 11) is -2.46. The monoisotopic (exact) mass is 339 g/mol. The van der Waals surface area contributed by atoms with E-state index >= 15 is 0 Å². The molecule has 0 spiro atoms. The normalized spacial score (nSPS) is 12.2. The molecule has 0 aliphatic rings. The van der Waals surface area contributed by atoms with E-state index in [4.69, 9.17) is 0 Å². The van der Waals surface area contributed by atoms with Gasteiger partial charge < -0.3 is 0 Å². The van der Waals surface area contributed by atoms with Gasteiger partial charge in [-0.2, -0.15) is 13.2 Å². The fourth-order valence-electron chi connectivity index (χ4n) is 2.52. The van der Waals surface area contributed by atoms with Crippen LogP contribution in [0.15, 0.2) is 36.4 Å². The molecule has 1 unspecified atom stereocenters. The minimum absolute atomic E-state index is 0.0948. The molecule has 0 radical (unpaired) electrons. The van der Waals surface area contributed by atoms with E-state index in [1.165, 1.54) is 0 Å².